The third-order valence-electron chi connectivity index (χ3n) is 4.51. The van der Waals surface area contributed by atoms with E-state index >= 15 is 0 Å². The Morgan fingerprint density at radius 1 is 1.00 bits per heavy atom. The van der Waals surface area contributed by atoms with Crippen molar-refractivity contribution in [1.82, 2.24) is 19.7 Å². The van der Waals surface area contributed by atoms with E-state index in [2.05, 4.69) is 10.1 Å². The summed E-state index contributed by atoms with van der Waals surface area (Å²) < 4.78 is 78.6. The van der Waals surface area contributed by atoms with E-state index in [0.717, 1.165) is 16.8 Å². The summed E-state index contributed by atoms with van der Waals surface area (Å²) in [6.07, 6.45) is -10.7. The maximum absolute atomic E-state index is 13.0. The van der Waals surface area contributed by atoms with E-state index in [4.69, 9.17) is 0 Å². The fraction of sp³-hybridized carbons (Fsp3) is 0.389. The molecule has 0 spiro atoms. The Balaban J connectivity index is 2.24. The Labute approximate surface area is 164 Å². The number of aromatic amines is 2. The number of halogens is 6. The number of H-pyrrole nitrogens is 2. The zero-order chi connectivity index (χ0) is 22.4. The molecule has 0 fully saturated rings. The Morgan fingerprint density at radius 3 is 2.10 bits per heavy atom. The highest BCUT2D eigenvalue weighted by Gasteiger charge is 2.34. The van der Waals surface area contributed by atoms with Crippen LogP contribution < -0.4 is 11.2 Å². The average Bonchev–Trinajstić information content (AvgIpc) is 2.90. The molecule has 2 aromatic heterocycles. The van der Waals surface area contributed by atoms with E-state index in [1.54, 1.807) is 13.8 Å². The molecular formula is C18H16F6N4O2. The predicted octanol–water partition coefficient (Wildman–Crippen LogP) is 3.78. The van der Waals surface area contributed by atoms with E-state index in [1.807, 2.05) is 4.98 Å². The summed E-state index contributed by atoms with van der Waals surface area (Å²) in [5.74, 6) is -0.355. The van der Waals surface area contributed by atoms with E-state index in [-0.39, 0.29) is 11.6 Å². The smallest absolute Gasteiger partial charge is 0.292 e. The Kier molecular flexibility index (Phi) is 5.29. The molecule has 0 saturated heterocycles. The summed E-state index contributed by atoms with van der Waals surface area (Å²) in [4.78, 5) is 28.1. The van der Waals surface area contributed by atoms with Crippen molar-refractivity contribution < 1.29 is 26.3 Å². The molecule has 0 saturated carbocycles. The molecule has 0 unspecified atom stereocenters. The summed E-state index contributed by atoms with van der Waals surface area (Å²) >= 11 is 0. The largest absolute Gasteiger partial charge is 0.416 e. The third-order valence-corrected chi connectivity index (χ3v) is 4.51. The molecule has 1 atom stereocenters. The number of hydrogen-bond acceptors (Lipinski definition) is 3. The van der Waals surface area contributed by atoms with Crippen LogP contribution in [0.2, 0.25) is 0 Å². The van der Waals surface area contributed by atoms with Crippen LogP contribution in [0.4, 0.5) is 26.3 Å². The van der Waals surface area contributed by atoms with Crippen molar-refractivity contribution in [2.45, 2.75) is 38.7 Å². The number of nitrogens with zero attached hydrogens (tertiary/aromatic N) is 2. The normalized spacial score (nSPS) is 13.9. The second-order valence-electron chi connectivity index (χ2n) is 7.12. The van der Waals surface area contributed by atoms with Gasteiger partial charge in [-0.1, -0.05) is 26.0 Å². The minimum atomic E-state index is -4.67. The van der Waals surface area contributed by atoms with Crippen LogP contribution in [-0.2, 0) is 12.6 Å². The highest BCUT2D eigenvalue weighted by Crippen LogP contribution is 2.34. The quantitative estimate of drug-likeness (QED) is 0.613. The molecule has 2 N–H and O–H groups in total. The molecule has 0 bridgehead atoms. The van der Waals surface area contributed by atoms with Crippen LogP contribution in [-0.4, -0.2) is 25.9 Å². The fourth-order valence-electron chi connectivity index (χ4n) is 3.34. The number of hydrogen-bond donors (Lipinski definition) is 2. The number of nitrogens with one attached hydrogen (secondary N) is 2. The minimum absolute atomic E-state index is 0.235. The first-order valence-corrected chi connectivity index (χ1v) is 8.75. The Hall–Kier alpha value is -3.05. The molecule has 6 nitrogen and oxygen atoms in total. The van der Waals surface area contributed by atoms with E-state index in [0.29, 0.717) is 5.56 Å². The monoisotopic (exact) mass is 434 g/mol. The summed E-state index contributed by atoms with van der Waals surface area (Å²) in [7, 11) is 0. The highest BCUT2D eigenvalue weighted by atomic mass is 19.4. The Morgan fingerprint density at radius 2 is 1.60 bits per heavy atom. The van der Waals surface area contributed by atoms with Crippen LogP contribution in [0.5, 0.6) is 0 Å². The van der Waals surface area contributed by atoms with Crippen molar-refractivity contribution in [2.24, 2.45) is 5.92 Å². The van der Waals surface area contributed by atoms with Crippen molar-refractivity contribution >= 4 is 11.0 Å². The van der Waals surface area contributed by atoms with Gasteiger partial charge in [0.2, 0.25) is 0 Å². The number of alkyl halides is 6. The number of rotatable bonds is 4. The molecule has 30 heavy (non-hydrogen) atoms. The molecule has 0 radical (unpaired) electrons. The second kappa shape index (κ2) is 7.33. The maximum Gasteiger partial charge on any atom is 0.416 e. The zero-order valence-electron chi connectivity index (χ0n) is 15.6. The second-order valence-corrected chi connectivity index (χ2v) is 7.12. The van der Waals surface area contributed by atoms with Crippen LogP contribution in [0.1, 0.15) is 36.7 Å². The van der Waals surface area contributed by atoms with E-state index < -0.39 is 52.7 Å². The molecule has 0 amide bonds. The molecule has 162 valence electrons. The van der Waals surface area contributed by atoms with E-state index in [9.17, 15) is 35.9 Å². The van der Waals surface area contributed by atoms with Gasteiger partial charge in [0, 0.05) is 0 Å². The third kappa shape index (κ3) is 4.26. The first kappa shape index (κ1) is 21.7. The maximum atomic E-state index is 13.0. The molecule has 2 heterocycles. The fourth-order valence-corrected chi connectivity index (χ4v) is 3.34. The topological polar surface area (TPSA) is 83.5 Å². The first-order valence-electron chi connectivity index (χ1n) is 8.75. The van der Waals surface area contributed by atoms with Gasteiger partial charge in [0.05, 0.1) is 23.7 Å². The van der Waals surface area contributed by atoms with E-state index in [1.165, 1.54) is 12.1 Å². The summed E-state index contributed by atoms with van der Waals surface area (Å²) in [6, 6.07) is 3.24. The van der Waals surface area contributed by atoms with Crippen molar-refractivity contribution in [3.05, 3.63) is 61.9 Å². The molecule has 0 aliphatic heterocycles. The molecule has 12 heteroatoms. The van der Waals surface area contributed by atoms with Gasteiger partial charge < -0.3 is 0 Å². The molecule has 1 aromatic carbocycles. The van der Waals surface area contributed by atoms with Crippen LogP contribution in [0.25, 0.3) is 11.0 Å². The van der Waals surface area contributed by atoms with Crippen molar-refractivity contribution in [2.75, 3.05) is 0 Å². The lowest BCUT2D eigenvalue weighted by molar-refractivity contribution is -0.137. The number of aromatic nitrogens is 4. The van der Waals surface area contributed by atoms with Crippen LogP contribution in [0.15, 0.2) is 33.9 Å². The highest BCUT2D eigenvalue weighted by molar-refractivity contribution is 5.77. The lowest BCUT2D eigenvalue weighted by Gasteiger charge is -2.23. The van der Waals surface area contributed by atoms with Crippen molar-refractivity contribution in [3.8, 4) is 0 Å². The molecule has 0 aliphatic carbocycles. The first-order chi connectivity index (χ1) is 13.8. The van der Waals surface area contributed by atoms with Gasteiger partial charge in [-0.25, -0.2) is 9.48 Å². The molecule has 0 aliphatic rings. The van der Waals surface area contributed by atoms with Gasteiger partial charge in [-0.05, 0) is 23.6 Å². The van der Waals surface area contributed by atoms with Crippen LogP contribution >= 0.6 is 0 Å². The Bertz CT molecular complexity index is 1170. The molecular weight excluding hydrogens is 418 g/mol. The average molecular weight is 434 g/mol. The van der Waals surface area contributed by atoms with Gasteiger partial charge in [-0.15, -0.1) is 0 Å². The van der Waals surface area contributed by atoms with Crippen molar-refractivity contribution in [1.29, 1.82) is 0 Å². The number of fused-ring (bicyclic) bond motifs is 1. The van der Waals surface area contributed by atoms with Gasteiger partial charge in [0.15, 0.2) is 0 Å². The summed E-state index contributed by atoms with van der Waals surface area (Å²) in [6.45, 7) is 3.37. The standard InChI is InChI=1S/C18H16F6N4O2/c1-8(2)13(9-3-5-10(6-4-9)18(22,23)24)28-14-12(15(29)26-16(30)25-14)11(27-28)7-17(19,20)21/h3-6,8,13H,7H2,1-2H3,(H2,25,26,29,30)/t13-/m0/s1. The molecule has 3 rings (SSSR count). The summed E-state index contributed by atoms with van der Waals surface area (Å²) in [5.41, 5.74) is -3.37. The number of benzene rings is 1. The zero-order valence-corrected chi connectivity index (χ0v) is 15.6. The SMILES string of the molecule is CC(C)[C@@H](c1ccc(C(F)(F)F)cc1)n1nc(CC(F)(F)F)c2c(=O)[nH]c(=O)[nH]c21. The predicted molar refractivity (Wildman–Crippen MR) is 95.2 cm³/mol. The lowest BCUT2D eigenvalue weighted by atomic mass is 9.95. The van der Waals surface area contributed by atoms with Gasteiger partial charge in [-0.3, -0.25) is 14.8 Å². The molecule has 3 aromatic rings. The van der Waals surface area contributed by atoms with Gasteiger partial charge in [0.25, 0.3) is 5.56 Å². The lowest BCUT2D eigenvalue weighted by Crippen LogP contribution is -2.25. The van der Waals surface area contributed by atoms with Gasteiger partial charge in [0.1, 0.15) is 11.0 Å². The van der Waals surface area contributed by atoms with Crippen LogP contribution in [0, 0.1) is 5.92 Å². The summed E-state index contributed by atoms with van der Waals surface area (Å²) in [5, 5.41) is 3.50. The van der Waals surface area contributed by atoms with Gasteiger partial charge in [-0.2, -0.15) is 31.4 Å². The van der Waals surface area contributed by atoms with Crippen LogP contribution in [0.3, 0.4) is 0 Å². The minimum Gasteiger partial charge on any atom is -0.292 e. The van der Waals surface area contributed by atoms with Gasteiger partial charge >= 0.3 is 18.0 Å². The van der Waals surface area contributed by atoms with Crippen molar-refractivity contribution in [3.63, 3.8) is 0 Å².